The third-order valence-electron chi connectivity index (χ3n) is 4.33. The fourth-order valence-corrected chi connectivity index (χ4v) is 3.17. The fourth-order valence-electron chi connectivity index (χ4n) is 3.17. The molecule has 0 aliphatic carbocycles. The summed E-state index contributed by atoms with van der Waals surface area (Å²) in [5.41, 5.74) is 7.86. The van der Waals surface area contributed by atoms with Crippen molar-refractivity contribution in [3.63, 3.8) is 0 Å². The molecule has 0 aromatic heterocycles. The van der Waals surface area contributed by atoms with Crippen LogP contribution in [0.2, 0.25) is 0 Å². The minimum atomic E-state index is -0.564. The van der Waals surface area contributed by atoms with E-state index in [1.807, 2.05) is 68.4 Å². The maximum Gasteiger partial charge on any atom is 0.237 e. The van der Waals surface area contributed by atoms with E-state index in [0.717, 1.165) is 16.9 Å². The number of amides is 1. The second-order valence-electron chi connectivity index (χ2n) is 6.96. The molecule has 1 heterocycles. The van der Waals surface area contributed by atoms with Gasteiger partial charge in [-0.1, -0.05) is 48.5 Å². The van der Waals surface area contributed by atoms with E-state index < -0.39 is 6.04 Å². The van der Waals surface area contributed by atoms with Crippen LogP contribution < -0.4 is 15.8 Å². The Labute approximate surface area is 155 Å². The van der Waals surface area contributed by atoms with Crippen LogP contribution in [-0.2, 0) is 11.2 Å². The number of nitrogens with one attached hydrogen (secondary N) is 1. The average Bonchev–Trinajstić information content (AvgIpc) is 2.54. The smallest absolute Gasteiger partial charge is 0.237 e. The minimum absolute atomic E-state index is 0. The van der Waals surface area contributed by atoms with Gasteiger partial charge in [-0.2, -0.15) is 0 Å². The zero-order chi connectivity index (χ0) is 17.2. The van der Waals surface area contributed by atoms with Crippen LogP contribution in [0.5, 0.6) is 5.75 Å². The highest BCUT2D eigenvalue weighted by Gasteiger charge is 2.34. The molecule has 0 radical (unpaired) electrons. The van der Waals surface area contributed by atoms with E-state index in [1.54, 1.807) is 0 Å². The first-order chi connectivity index (χ1) is 11.4. The number of fused-ring (bicyclic) bond motifs is 1. The molecule has 25 heavy (non-hydrogen) atoms. The quantitative estimate of drug-likeness (QED) is 0.878. The number of halogens is 1. The Balaban J connectivity index is 0.00000225. The molecule has 2 aromatic rings. The number of hydrogen-bond donors (Lipinski definition) is 2. The summed E-state index contributed by atoms with van der Waals surface area (Å²) in [7, 11) is 0. The summed E-state index contributed by atoms with van der Waals surface area (Å²) < 4.78 is 6.00. The third kappa shape index (κ3) is 4.74. The van der Waals surface area contributed by atoms with Crippen molar-refractivity contribution in [3.05, 3.63) is 65.7 Å². The highest BCUT2D eigenvalue weighted by atomic mass is 35.5. The van der Waals surface area contributed by atoms with Gasteiger partial charge in [-0.25, -0.2) is 0 Å². The van der Waals surface area contributed by atoms with Gasteiger partial charge in [-0.15, -0.1) is 12.4 Å². The molecule has 0 saturated carbocycles. The molecule has 0 spiro atoms. The minimum Gasteiger partial charge on any atom is -0.487 e. The molecule has 3 N–H and O–H groups in total. The largest absolute Gasteiger partial charge is 0.487 e. The second kappa shape index (κ2) is 7.89. The first-order valence-electron chi connectivity index (χ1n) is 8.32. The first kappa shape index (κ1) is 19.3. The van der Waals surface area contributed by atoms with E-state index in [9.17, 15) is 4.79 Å². The zero-order valence-electron chi connectivity index (χ0n) is 14.6. The molecule has 134 valence electrons. The SMILES string of the molecule is CC1(C)CC(NC(=O)[C@@H](N)Cc2ccccc2)c2ccccc2O1.Cl. The predicted molar refractivity (Wildman–Crippen MR) is 102 cm³/mol. The van der Waals surface area contributed by atoms with E-state index >= 15 is 0 Å². The molecule has 0 fully saturated rings. The maximum absolute atomic E-state index is 12.6. The first-order valence-corrected chi connectivity index (χ1v) is 8.32. The van der Waals surface area contributed by atoms with Gasteiger partial charge in [-0.05, 0) is 31.9 Å². The summed E-state index contributed by atoms with van der Waals surface area (Å²) in [6.07, 6.45) is 1.24. The Morgan fingerprint density at radius 3 is 2.56 bits per heavy atom. The molecule has 0 bridgehead atoms. The number of carbonyl (C=O) groups is 1. The standard InChI is InChI=1S/C20H24N2O2.ClH/c1-20(2)13-17(15-10-6-7-11-18(15)24-20)22-19(23)16(21)12-14-8-4-3-5-9-14;/h3-11,16-17H,12-13,21H2,1-2H3,(H,22,23);1H/t16-,17?;/m0./s1. The molecule has 1 amide bonds. The molecule has 0 saturated heterocycles. The van der Waals surface area contributed by atoms with Crippen molar-refractivity contribution >= 4 is 18.3 Å². The summed E-state index contributed by atoms with van der Waals surface area (Å²) in [5, 5.41) is 3.11. The Hall–Kier alpha value is -2.04. The lowest BCUT2D eigenvalue weighted by molar-refractivity contribution is -0.123. The van der Waals surface area contributed by atoms with E-state index in [4.69, 9.17) is 10.5 Å². The molecule has 2 atom stereocenters. The van der Waals surface area contributed by atoms with E-state index in [2.05, 4.69) is 5.32 Å². The maximum atomic E-state index is 12.6. The fraction of sp³-hybridized carbons (Fsp3) is 0.350. The van der Waals surface area contributed by atoms with Gasteiger partial charge in [0.1, 0.15) is 11.4 Å². The van der Waals surface area contributed by atoms with Gasteiger partial charge < -0.3 is 15.8 Å². The Morgan fingerprint density at radius 1 is 1.20 bits per heavy atom. The molecule has 1 aliphatic rings. The molecular formula is C20H25ClN2O2. The monoisotopic (exact) mass is 360 g/mol. The van der Waals surface area contributed by atoms with Gasteiger partial charge in [-0.3, -0.25) is 4.79 Å². The summed E-state index contributed by atoms with van der Waals surface area (Å²) in [6.45, 7) is 4.07. The van der Waals surface area contributed by atoms with Crippen LogP contribution >= 0.6 is 12.4 Å². The number of rotatable bonds is 4. The Bertz CT molecular complexity index is 719. The van der Waals surface area contributed by atoms with Crippen molar-refractivity contribution < 1.29 is 9.53 Å². The molecular weight excluding hydrogens is 336 g/mol. The highest BCUT2D eigenvalue weighted by molar-refractivity contribution is 5.85. The van der Waals surface area contributed by atoms with Crippen LogP contribution in [-0.4, -0.2) is 17.6 Å². The van der Waals surface area contributed by atoms with E-state index in [-0.39, 0.29) is 30.0 Å². The van der Waals surface area contributed by atoms with Crippen molar-refractivity contribution in [1.82, 2.24) is 5.32 Å². The predicted octanol–water partition coefficient (Wildman–Crippen LogP) is 3.40. The lowest BCUT2D eigenvalue weighted by Gasteiger charge is -2.38. The summed E-state index contributed by atoms with van der Waals surface area (Å²) >= 11 is 0. The summed E-state index contributed by atoms with van der Waals surface area (Å²) in [4.78, 5) is 12.6. The van der Waals surface area contributed by atoms with Gasteiger partial charge in [0.25, 0.3) is 0 Å². The zero-order valence-corrected chi connectivity index (χ0v) is 15.4. The van der Waals surface area contributed by atoms with E-state index in [1.165, 1.54) is 0 Å². The van der Waals surface area contributed by atoms with Crippen LogP contribution in [0.1, 0.15) is 37.4 Å². The summed E-state index contributed by atoms with van der Waals surface area (Å²) in [6, 6.07) is 17.0. The van der Waals surface area contributed by atoms with E-state index in [0.29, 0.717) is 12.8 Å². The topological polar surface area (TPSA) is 64.4 Å². The van der Waals surface area contributed by atoms with Gasteiger partial charge in [0, 0.05) is 12.0 Å². The van der Waals surface area contributed by atoms with Gasteiger partial charge >= 0.3 is 0 Å². The molecule has 1 unspecified atom stereocenters. The summed E-state index contributed by atoms with van der Waals surface area (Å²) in [5.74, 6) is 0.701. The van der Waals surface area contributed by atoms with Gasteiger partial charge in [0.05, 0.1) is 12.1 Å². The number of para-hydroxylation sites is 1. The molecule has 5 heteroatoms. The van der Waals surface area contributed by atoms with Gasteiger partial charge in [0.2, 0.25) is 5.91 Å². The van der Waals surface area contributed by atoms with Crippen LogP contribution in [0.3, 0.4) is 0 Å². The van der Waals surface area contributed by atoms with Crippen molar-refractivity contribution in [2.24, 2.45) is 5.73 Å². The highest BCUT2D eigenvalue weighted by Crippen LogP contribution is 2.39. The van der Waals surface area contributed by atoms with Crippen molar-refractivity contribution in [3.8, 4) is 5.75 Å². The number of nitrogens with two attached hydrogens (primary N) is 1. The lowest BCUT2D eigenvalue weighted by atomic mass is 9.89. The van der Waals surface area contributed by atoms with Crippen LogP contribution in [0.25, 0.3) is 0 Å². The van der Waals surface area contributed by atoms with Crippen LogP contribution in [0.4, 0.5) is 0 Å². The molecule has 2 aromatic carbocycles. The number of hydrogen-bond acceptors (Lipinski definition) is 3. The van der Waals surface area contributed by atoms with Crippen LogP contribution in [0.15, 0.2) is 54.6 Å². The molecule has 3 rings (SSSR count). The van der Waals surface area contributed by atoms with Crippen molar-refractivity contribution in [2.75, 3.05) is 0 Å². The third-order valence-corrected chi connectivity index (χ3v) is 4.33. The van der Waals surface area contributed by atoms with Crippen molar-refractivity contribution in [2.45, 2.75) is 44.4 Å². The Kier molecular flexibility index (Phi) is 6.09. The number of carbonyl (C=O) groups excluding carboxylic acids is 1. The molecule has 4 nitrogen and oxygen atoms in total. The normalized spacial score (nSPS) is 18.9. The Morgan fingerprint density at radius 2 is 1.84 bits per heavy atom. The van der Waals surface area contributed by atoms with Crippen LogP contribution in [0, 0.1) is 0 Å². The lowest BCUT2D eigenvalue weighted by Crippen LogP contribution is -2.47. The number of ether oxygens (including phenoxy) is 1. The average molecular weight is 361 g/mol. The van der Waals surface area contributed by atoms with Crippen molar-refractivity contribution in [1.29, 1.82) is 0 Å². The second-order valence-corrected chi connectivity index (χ2v) is 6.96. The van der Waals surface area contributed by atoms with Gasteiger partial charge in [0.15, 0.2) is 0 Å². The number of benzene rings is 2. The molecule has 1 aliphatic heterocycles.